The van der Waals surface area contributed by atoms with Crippen LogP contribution >= 0.6 is 0 Å². The Labute approximate surface area is 131 Å². The van der Waals surface area contributed by atoms with Crippen LogP contribution in [0.5, 0.6) is 0 Å². The Morgan fingerprint density at radius 2 is 1.86 bits per heavy atom. The summed E-state index contributed by atoms with van der Waals surface area (Å²) in [6.45, 7) is 3.86. The van der Waals surface area contributed by atoms with Gasteiger partial charge in [0.05, 0.1) is 23.3 Å². The fraction of sp³-hybridized carbons (Fsp3) is 0.917. The third-order valence-electron chi connectivity index (χ3n) is 4.34. The molecule has 1 amide bonds. The van der Waals surface area contributed by atoms with Gasteiger partial charge in [-0.1, -0.05) is 6.92 Å². The predicted molar refractivity (Wildman–Crippen MR) is 82.4 cm³/mol. The lowest BCUT2D eigenvalue weighted by Crippen LogP contribution is -2.60. The van der Waals surface area contributed by atoms with Crippen LogP contribution in [-0.4, -0.2) is 81.5 Å². The molecule has 2 aliphatic rings. The number of hydrogen-bond donors (Lipinski definition) is 1. The van der Waals surface area contributed by atoms with Crippen molar-refractivity contribution in [3.63, 3.8) is 0 Å². The minimum Gasteiger partial charge on any atom is -0.336 e. The van der Waals surface area contributed by atoms with E-state index < -0.39 is 19.9 Å². The van der Waals surface area contributed by atoms with E-state index in [0.29, 0.717) is 13.1 Å². The average molecular weight is 353 g/mol. The Balaban J connectivity index is 2.03. The first-order chi connectivity index (χ1) is 10.1. The molecule has 22 heavy (non-hydrogen) atoms. The van der Waals surface area contributed by atoms with Gasteiger partial charge in [-0.3, -0.25) is 9.69 Å². The summed E-state index contributed by atoms with van der Waals surface area (Å²) >= 11 is 0. The van der Waals surface area contributed by atoms with Crippen LogP contribution in [-0.2, 0) is 24.7 Å². The summed E-state index contributed by atoms with van der Waals surface area (Å²) < 4.78 is 45.6. The van der Waals surface area contributed by atoms with Crippen molar-refractivity contribution in [2.24, 2.45) is 5.14 Å². The highest BCUT2D eigenvalue weighted by Gasteiger charge is 2.47. The van der Waals surface area contributed by atoms with Crippen LogP contribution in [0.3, 0.4) is 0 Å². The number of carbonyl (C=O) groups excluding carboxylic acids is 1. The number of sulfonamides is 1. The quantitative estimate of drug-likeness (QED) is 0.635. The van der Waals surface area contributed by atoms with E-state index in [1.165, 1.54) is 0 Å². The summed E-state index contributed by atoms with van der Waals surface area (Å²) in [5, 5.41) is 4.92. The Morgan fingerprint density at radius 3 is 2.45 bits per heavy atom. The van der Waals surface area contributed by atoms with Gasteiger partial charge in [0.2, 0.25) is 15.9 Å². The second kappa shape index (κ2) is 6.42. The number of carbonyl (C=O) groups is 1. The van der Waals surface area contributed by atoms with E-state index in [9.17, 15) is 21.6 Å². The number of likely N-dealkylation sites (N-methyl/N-ethyl adjacent to an activating group) is 1. The first-order valence-corrected chi connectivity index (χ1v) is 10.9. The molecule has 0 aromatic carbocycles. The number of primary sulfonamides is 1. The van der Waals surface area contributed by atoms with Gasteiger partial charge >= 0.3 is 0 Å². The largest absolute Gasteiger partial charge is 0.336 e. The Hall–Kier alpha value is -0.710. The summed E-state index contributed by atoms with van der Waals surface area (Å²) in [7, 11) is -6.71. The molecule has 0 aliphatic carbocycles. The Bertz CT molecular complexity index is 631. The van der Waals surface area contributed by atoms with Gasteiger partial charge < -0.3 is 4.90 Å². The van der Waals surface area contributed by atoms with Gasteiger partial charge in [-0.2, -0.15) is 0 Å². The second-order valence-corrected chi connectivity index (χ2v) is 9.79. The van der Waals surface area contributed by atoms with E-state index in [2.05, 4.69) is 4.90 Å². The zero-order valence-electron chi connectivity index (χ0n) is 12.6. The maximum absolute atomic E-state index is 12.3. The monoisotopic (exact) mass is 353 g/mol. The molecule has 0 aromatic heterocycles. The highest BCUT2D eigenvalue weighted by molar-refractivity contribution is 7.91. The summed E-state index contributed by atoms with van der Waals surface area (Å²) in [4.78, 5) is 16.0. The molecule has 0 bridgehead atoms. The summed E-state index contributed by atoms with van der Waals surface area (Å²) in [5.74, 6) is -0.340. The van der Waals surface area contributed by atoms with Crippen LogP contribution in [0.4, 0.5) is 0 Å². The maximum Gasteiger partial charge on any atom is 0.222 e. The van der Waals surface area contributed by atoms with Gasteiger partial charge in [0.15, 0.2) is 9.84 Å². The number of amides is 1. The zero-order chi connectivity index (χ0) is 16.5. The smallest absolute Gasteiger partial charge is 0.222 e. The van der Waals surface area contributed by atoms with Crippen molar-refractivity contribution in [2.75, 3.05) is 36.9 Å². The lowest BCUT2D eigenvalue weighted by atomic mass is 10.0. The highest BCUT2D eigenvalue weighted by atomic mass is 32.2. The molecular formula is C12H23N3O5S2. The Kier molecular flexibility index (Phi) is 5.15. The van der Waals surface area contributed by atoms with Crippen LogP contribution in [0.25, 0.3) is 0 Å². The van der Waals surface area contributed by atoms with Gasteiger partial charge in [0.1, 0.15) is 0 Å². The van der Waals surface area contributed by atoms with E-state index in [1.807, 2.05) is 6.92 Å². The molecule has 2 heterocycles. The number of fused-ring (bicyclic) bond motifs is 1. The molecule has 0 saturated carbocycles. The molecule has 2 aliphatic heterocycles. The van der Waals surface area contributed by atoms with Crippen molar-refractivity contribution in [3.8, 4) is 0 Å². The minimum atomic E-state index is -3.57. The molecule has 2 rings (SSSR count). The normalized spacial score (nSPS) is 28.5. The fourth-order valence-corrected chi connectivity index (χ4v) is 5.85. The van der Waals surface area contributed by atoms with Crippen molar-refractivity contribution in [1.29, 1.82) is 0 Å². The molecule has 2 saturated heterocycles. The third-order valence-corrected chi connectivity index (χ3v) is 6.89. The molecular weight excluding hydrogens is 330 g/mol. The van der Waals surface area contributed by atoms with E-state index in [0.717, 1.165) is 6.54 Å². The maximum atomic E-state index is 12.3. The number of nitrogens with zero attached hydrogens (tertiary/aromatic N) is 2. The predicted octanol–water partition coefficient (Wildman–Crippen LogP) is -1.62. The van der Waals surface area contributed by atoms with Crippen LogP contribution in [0.2, 0.25) is 0 Å². The minimum absolute atomic E-state index is 0.00487. The number of sulfone groups is 1. The molecule has 0 unspecified atom stereocenters. The van der Waals surface area contributed by atoms with Crippen molar-refractivity contribution in [1.82, 2.24) is 9.80 Å². The summed E-state index contributed by atoms with van der Waals surface area (Å²) in [6, 6.07) is -0.466. The van der Waals surface area contributed by atoms with E-state index in [1.54, 1.807) is 4.90 Å². The van der Waals surface area contributed by atoms with Crippen LogP contribution < -0.4 is 5.14 Å². The van der Waals surface area contributed by atoms with Crippen molar-refractivity contribution in [3.05, 3.63) is 0 Å². The molecule has 8 nitrogen and oxygen atoms in total. The SMILES string of the molecule is CCN1CCN(C(=O)CCCS(N)(=O)=O)[C@@H]2CS(=O)(=O)C[C@@H]21. The lowest BCUT2D eigenvalue weighted by molar-refractivity contribution is -0.136. The lowest BCUT2D eigenvalue weighted by Gasteiger charge is -2.43. The van der Waals surface area contributed by atoms with Crippen molar-refractivity contribution < 1.29 is 21.6 Å². The third kappa shape index (κ3) is 4.18. The Morgan fingerprint density at radius 1 is 1.23 bits per heavy atom. The molecule has 2 N–H and O–H groups in total. The molecule has 2 fully saturated rings. The molecule has 0 radical (unpaired) electrons. The number of rotatable bonds is 5. The highest BCUT2D eigenvalue weighted by Crippen LogP contribution is 2.27. The standard InChI is InChI=1S/C12H23N3O5S2/c1-2-14-5-6-15(11-9-21(17,18)8-10(11)14)12(16)4-3-7-22(13,19)20/h10-11H,2-9H2,1H3,(H2,13,19,20)/t10-,11+/m0/s1. The first-order valence-electron chi connectivity index (χ1n) is 7.37. The molecule has 0 aromatic rings. The molecule has 2 atom stereocenters. The zero-order valence-corrected chi connectivity index (χ0v) is 14.3. The second-order valence-electron chi connectivity index (χ2n) is 5.90. The fourth-order valence-electron chi connectivity index (χ4n) is 3.30. The van der Waals surface area contributed by atoms with Crippen LogP contribution in [0.15, 0.2) is 0 Å². The van der Waals surface area contributed by atoms with E-state index in [-0.39, 0.29) is 48.1 Å². The van der Waals surface area contributed by atoms with Crippen molar-refractivity contribution in [2.45, 2.75) is 31.8 Å². The van der Waals surface area contributed by atoms with Gasteiger partial charge in [-0.15, -0.1) is 0 Å². The van der Waals surface area contributed by atoms with Crippen molar-refractivity contribution >= 4 is 25.8 Å². The summed E-state index contributed by atoms with van der Waals surface area (Å²) in [6.07, 6.45) is 0.238. The number of piperazine rings is 1. The van der Waals surface area contributed by atoms with Crippen LogP contribution in [0, 0.1) is 0 Å². The topological polar surface area (TPSA) is 118 Å². The molecule has 0 spiro atoms. The van der Waals surface area contributed by atoms with Crippen LogP contribution in [0.1, 0.15) is 19.8 Å². The first kappa shape index (κ1) is 17.6. The van der Waals surface area contributed by atoms with Gasteiger partial charge in [0.25, 0.3) is 0 Å². The average Bonchev–Trinajstić information content (AvgIpc) is 2.70. The molecule has 128 valence electrons. The molecule has 10 heteroatoms. The number of hydrogen-bond acceptors (Lipinski definition) is 6. The summed E-state index contributed by atoms with van der Waals surface area (Å²) in [5.41, 5.74) is 0. The van der Waals surface area contributed by atoms with E-state index >= 15 is 0 Å². The van der Waals surface area contributed by atoms with Gasteiger partial charge in [-0.05, 0) is 13.0 Å². The number of nitrogens with two attached hydrogens (primary N) is 1. The van der Waals surface area contributed by atoms with Gasteiger partial charge in [0, 0.05) is 25.6 Å². The van der Waals surface area contributed by atoms with Gasteiger partial charge in [-0.25, -0.2) is 22.0 Å². The van der Waals surface area contributed by atoms with E-state index in [4.69, 9.17) is 5.14 Å².